The van der Waals surface area contributed by atoms with Crippen molar-refractivity contribution < 1.29 is 9.53 Å². The standard InChI is InChI=1S/C13H19N3O2S/c1-8(2)11(7-18-3)16-13(17)10-5-4-9(6-15-10)12(14)19/h4-6,8,11H,7H2,1-3H3,(H2,14,19)(H,16,17). The zero-order valence-electron chi connectivity index (χ0n) is 11.3. The van der Waals surface area contributed by atoms with Crippen molar-refractivity contribution in [2.45, 2.75) is 19.9 Å². The molecule has 0 spiro atoms. The lowest BCUT2D eigenvalue weighted by atomic mass is 10.1. The van der Waals surface area contributed by atoms with Gasteiger partial charge in [0.1, 0.15) is 10.7 Å². The first-order valence-electron chi connectivity index (χ1n) is 6.01. The van der Waals surface area contributed by atoms with Gasteiger partial charge in [-0.25, -0.2) is 0 Å². The highest BCUT2D eigenvalue weighted by atomic mass is 32.1. The Labute approximate surface area is 118 Å². The number of carbonyl (C=O) groups is 1. The van der Waals surface area contributed by atoms with E-state index in [4.69, 9.17) is 22.7 Å². The zero-order chi connectivity index (χ0) is 14.4. The monoisotopic (exact) mass is 281 g/mol. The van der Waals surface area contributed by atoms with Crippen molar-refractivity contribution in [1.82, 2.24) is 10.3 Å². The number of aromatic nitrogens is 1. The maximum atomic E-state index is 12.0. The minimum atomic E-state index is -0.231. The molecule has 0 saturated heterocycles. The Morgan fingerprint density at radius 3 is 2.63 bits per heavy atom. The summed E-state index contributed by atoms with van der Waals surface area (Å²) in [6.07, 6.45) is 1.50. The van der Waals surface area contributed by atoms with Crippen molar-refractivity contribution in [3.63, 3.8) is 0 Å². The van der Waals surface area contributed by atoms with Crippen LogP contribution < -0.4 is 11.1 Å². The Kier molecular flexibility index (Phi) is 5.85. The largest absolute Gasteiger partial charge is 0.389 e. The van der Waals surface area contributed by atoms with Gasteiger partial charge in [0.25, 0.3) is 5.91 Å². The van der Waals surface area contributed by atoms with Crippen molar-refractivity contribution in [2.24, 2.45) is 11.7 Å². The van der Waals surface area contributed by atoms with E-state index in [1.807, 2.05) is 13.8 Å². The first kappa shape index (κ1) is 15.5. The summed E-state index contributed by atoms with van der Waals surface area (Å²) in [7, 11) is 1.61. The van der Waals surface area contributed by atoms with Crippen LogP contribution in [0.25, 0.3) is 0 Å². The number of carbonyl (C=O) groups excluding carboxylic acids is 1. The maximum Gasteiger partial charge on any atom is 0.270 e. The van der Waals surface area contributed by atoms with E-state index in [2.05, 4.69) is 10.3 Å². The molecule has 1 aromatic rings. The number of hydrogen-bond donors (Lipinski definition) is 2. The van der Waals surface area contributed by atoms with Crippen LogP contribution in [-0.2, 0) is 4.74 Å². The number of ether oxygens (including phenoxy) is 1. The summed E-state index contributed by atoms with van der Waals surface area (Å²) < 4.78 is 5.08. The van der Waals surface area contributed by atoms with E-state index < -0.39 is 0 Å². The molecule has 3 N–H and O–H groups in total. The Bertz CT molecular complexity index is 446. The third-order valence-electron chi connectivity index (χ3n) is 2.75. The molecule has 0 aliphatic carbocycles. The molecular formula is C13H19N3O2S. The summed E-state index contributed by atoms with van der Waals surface area (Å²) in [5.74, 6) is 0.0463. The van der Waals surface area contributed by atoms with Crippen LogP contribution in [0.1, 0.15) is 29.9 Å². The molecule has 1 heterocycles. The highest BCUT2D eigenvalue weighted by Gasteiger charge is 2.17. The zero-order valence-corrected chi connectivity index (χ0v) is 12.2. The number of hydrogen-bond acceptors (Lipinski definition) is 4. The van der Waals surface area contributed by atoms with Crippen molar-refractivity contribution in [3.05, 3.63) is 29.6 Å². The van der Waals surface area contributed by atoms with Gasteiger partial charge in [0.2, 0.25) is 0 Å². The van der Waals surface area contributed by atoms with Gasteiger partial charge in [-0.05, 0) is 18.1 Å². The maximum absolute atomic E-state index is 12.0. The molecule has 1 rings (SSSR count). The van der Waals surface area contributed by atoms with Crippen LogP contribution in [0.5, 0.6) is 0 Å². The number of nitrogens with one attached hydrogen (secondary N) is 1. The average Bonchev–Trinajstić information content (AvgIpc) is 2.38. The first-order valence-corrected chi connectivity index (χ1v) is 6.42. The molecule has 1 amide bonds. The molecule has 0 aromatic carbocycles. The van der Waals surface area contributed by atoms with Gasteiger partial charge in [-0.2, -0.15) is 0 Å². The SMILES string of the molecule is COCC(NC(=O)c1ccc(C(N)=S)cn1)C(C)C. The highest BCUT2D eigenvalue weighted by Crippen LogP contribution is 2.05. The quantitative estimate of drug-likeness (QED) is 0.764. The van der Waals surface area contributed by atoms with Crippen LogP contribution in [0.15, 0.2) is 18.3 Å². The molecule has 0 bridgehead atoms. The first-order chi connectivity index (χ1) is 8.95. The Morgan fingerprint density at radius 1 is 1.53 bits per heavy atom. The van der Waals surface area contributed by atoms with E-state index in [9.17, 15) is 4.79 Å². The molecule has 6 heteroatoms. The van der Waals surface area contributed by atoms with E-state index in [0.717, 1.165) is 0 Å². The van der Waals surface area contributed by atoms with Crippen LogP contribution in [-0.4, -0.2) is 35.6 Å². The molecule has 0 radical (unpaired) electrons. The molecule has 104 valence electrons. The Balaban J connectivity index is 2.74. The lowest BCUT2D eigenvalue weighted by molar-refractivity contribution is 0.0862. The second-order valence-corrected chi connectivity index (χ2v) is 5.02. The number of methoxy groups -OCH3 is 1. The Morgan fingerprint density at radius 2 is 2.21 bits per heavy atom. The summed E-state index contributed by atoms with van der Waals surface area (Å²) in [5, 5.41) is 2.89. The lowest BCUT2D eigenvalue weighted by Crippen LogP contribution is -2.41. The predicted molar refractivity (Wildman–Crippen MR) is 78.1 cm³/mol. The van der Waals surface area contributed by atoms with Crippen LogP contribution in [0.2, 0.25) is 0 Å². The van der Waals surface area contributed by atoms with Crippen LogP contribution in [0.4, 0.5) is 0 Å². The van der Waals surface area contributed by atoms with E-state index >= 15 is 0 Å². The van der Waals surface area contributed by atoms with E-state index in [1.165, 1.54) is 6.20 Å². The minimum Gasteiger partial charge on any atom is -0.389 e. The van der Waals surface area contributed by atoms with Crippen LogP contribution in [0.3, 0.4) is 0 Å². The van der Waals surface area contributed by atoms with Gasteiger partial charge in [0.05, 0.1) is 12.6 Å². The Hall–Kier alpha value is -1.53. The van der Waals surface area contributed by atoms with E-state index in [-0.39, 0.29) is 22.9 Å². The van der Waals surface area contributed by atoms with Gasteiger partial charge >= 0.3 is 0 Å². The predicted octanol–water partition coefficient (Wildman–Crippen LogP) is 1.12. The van der Waals surface area contributed by atoms with E-state index in [0.29, 0.717) is 17.9 Å². The highest BCUT2D eigenvalue weighted by molar-refractivity contribution is 7.80. The van der Waals surface area contributed by atoms with Crippen LogP contribution in [0, 0.1) is 5.92 Å². The molecule has 0 aliphatic heterocycles. The fraction of sp³-hybridized carbons (Fsp3) is 0.462. The number of pyridine rings is 1. The van der Waals surface area contributed by atoms with E-state index in [1.54, 1.807) is 19.2 Å². The lowest BCUT2D eigenvalue weighted by Gasteiger charge is -2.21. The topological polar surface area (TPSA) is 77.2 Å². The molecule has 0 saturated carbocycles. The number of rotatable bonds is 6. The fourth-order valence-electron chi connectivity index (χ4n) is 1.50. The molecular weight excluding hydrogens is 262 g/mol. The third-order valence-corrected chi connectivity index (χ3v) is 2.98. The molecule has 5 nitrogen and oxygen atoms in total. The van der Waals surface area contributed by atoms with Crippen molar-refractivity contribution in [2.75, 3.05) is 13.7 Å². The summed E-state index contributed by atoms with van der Waals surface area (Å²) in [6.45, 7) is 4.51. The van der Waals surface area contributed by atoms with Gasteiger partial charge < -0.3 is 15.8 Å². The molecule has 0 aliphatic rings. The molecule has 0 fully saturated rings. The second-order valence-electron chi connectivity index (χ2n) is 4.58. The minimum absolute atomic E-state index is 0.0467. The smallest absolute Gasteiger partial charge is 0.270 e. The number of thiocarbonyl (C=S) groups is 1. The fourth-order valence-corrected chi connectivity index (χ4v) is 1.62. The van der Waals surface area contributed by atoms with Gasteiger partial charge in [0, 0.05) is 18.9 Å². The van der Waals surface area contributed by atoms with Gasteiger partial charge in [-0.1, -0.05) is 26.1 Å². The summed E-state index contributed by atoms with van der Waals surface area (Å²) >= 11 is 4.83. The average molecular weight is 281 g/mol. The molecule has 1 aromatic heterocycles. The number of nitrogens with two attached hydrogens (primary N) is 1. The summed E-state index contributed by atoms with van der Waals surface area (Å²) in [6, 6.07) is 3.24. The van der Waals surface area contributed by atoms with Gasteiger partial charge in [-0.3, -0.25) is 9.78 Å². The normalized spacial score (nSPS) is 12.2. The summed E-state index contributed by atoms with van der Waals surface area (Å²) in [5.41, 5.74) is 6.45. The van der Waals surface area contributed by atoms with Gasteiger partial charge in [0.15, 0.2) is 0 Å². The molecule has 1 atom stereocenters. The van der Waals surface area contributed by atoms with Crippen molar-refractivity contribution in [1.29, 1.82) is 0 Å². The van der Waals surface area contributed by atoms with Crippen molar-refractivity contribution in [3.8, 4) is 0 Å². The van der Waals surface area contributed by atoms with Crippen LogP contribution >= 0.6 is 12.2 Å². The number of amides is 1. The summed E-state index contributed by atoms with van der Waals surface area (Å²) in [4.78, 5) is 16.3. The van der Waals surface area contributed by atoms with Crippen molar-refractivity contribution >= 4 is 23.1 Å². The van der Waals surface area contributed by atoms with Gasteiger partial charge in [-0.15, -0.1) is 0 Å². The third kappa shape index (κ3) is 4.57. The number of nitrogens with zero attached hydrogens (tertiary/aromatic N) is 1. The molecule has 19 heavy (non-hydrogen) atoms. The molecule has 1 unspecified atom stereocenters. The second kappa shape index (κ2) is 7.16.